The highest BCUT2D eigenvalue weighted by molar-refractivity contribution is 6.35. The lowest BCUT2D eigenvalue weighted by Gasteiger charge is -2.17. The second-order valence-electron chi connectivity index (χ2n) is 9.01. The first-order valence-electron chi connectivity index (χ1n) is 11.7. The number of carbonyl (C=O) groups excluding carboxylic acids is 3. The van der Waals surface area contributed by atoms with Crippen molar-refractivity contribution in [2.45, 2.75) is 27.7 Å². The smallest absolute Gasteiger partial charge is 0.322 e. The van der Waals surface area contributed by atoms with Gasteiger partial charge in [0.25, 0.3) is 17.7 Å². The summed E-state index contributed by atoms with van der Waals surface area (Å²) < 4.78 is 5.76. The molecular formula is C29H24N4O4. The lowest BCUT2D eigenvalue weighted by atomic mass is 10.1. The normalized spacial score (nSPS) is 12.5. The molecule has 1 aromatic heterocycles. The molecule has 37 heavy (non-hydrogen) atoms. The van der Waals surface area contributed by atoms with Gasteiger partial charge in [0.2, 0.25) is 0 Å². The van der Waals surface area contributed by atoms with E-state index in [9.17, 15) is 14.4 Å². The van der Waals surface area contributed by atoms with E-state index in [2.05, 4.69) is 15.3 Å². The number of fused-ring (bicyclic) bond motifs is 1. The molecule has 0 atom stereocenters. The van der Waals surface area contributed by atoms with Gasteiger partial charge in [0.1, 0.15) is 5.75 Å². The zero-order chi connectivity index (χ0) is 26.3. The van der Waals surface area contributed by atoms with Gasteiger partial charge in [-0.2, -0.15) is 0 Å². The van der Waals surface area contributed by atoms with E-state index in [1.807, 2.05) is 52.0 Å². The Balaban J connectivity index is 1.36. The molecule has 2 heterocycles. The number of amides is 3. The average Bonchev–Trinajstić information content (AvgIpc) is 3.09. The van der Waals surface area contributed by atoms with Crippen LogP contribution in [0.4, 0.5) is 11.4 Å². The molecule has 5 rings (SSSR count). The highest BCUT2D eigenvalue weighted by atomic mass is 16.5. The van der Waals surface area contributed by atoms with Crippen LogP contribution in [0.15, 0.2) is 66.7 Å². The van der Waals surface area contributed by atoms with Gasteiger partial charge in [0, 0.05) is 28.7 Å². The van der Waals surface area contributed by atoms with Crippen LogP contribution < -0.4 is 15.0 Å². The third-order valence-electron chi connectivity index (χ3n) is 6.02. The average molecular weight is 493 g/mol. The Kier molecular flexibility index (Phi) is 6.01. The van der Waals surface area contributed by atoms with Gasteiger partial charge in [-0.1, -0.05) is 18.2 Å². The van der Waals surface area contributed by atoms with Crippen LogP contribution in [0, 0.1) is 27.7 Å². The molecule has 0 bridgehead atoms. The molecule has 1 aliphatic rings. The number of anilines is 2. The molecule has 3 aromatic carbocycles. The monoisotopic (exact) mass is 492 g/mol. The highest BCUT2D eigenvalue weighted by Gasteiger charge is 2.37. The molecular weight excluding hydrogens is 468 g/mol. The van der Waals surface area contributed by atoms with Crippen LogP contribution >= 0.6 is 0 Å². The molecule has 0 aliphatic carbocycles. The second-order valence-corrected chi connectivity index (χ2v) is 9.01. The molecule has 184 valence electrons. The molecule has 4 aromatic rings. The molecule has 1 N–H and O–H groups in total. The summed E-state index contributed by atoms with van der Waals surface area (Å²) in [5.41, 5.74) is 5.08. The summed E-state index contributed by atoms with van der Waals surface area (Å²) in [6, 6.07) is 19.0. The molecule has 0 radical (unpaired) electrons. The molecule has 8 heteroatoms. The topological polar surface area (TPSA) is 101 Å². The Hall–Kier alpha value is -4.85. The van der Waals surface area contributed by atoms with Gasteiger partial charge in [-0.15, -0.1) is 0 Å². The standard InChI is InChI=1S/C29H24N4O4/c1-16-8-9-17(2)25(12-16)33-27(35)23-11-10-20(14-24(23)28(33)36)26(34)32-21-6-5-7-22(15-21)37-29-30-18(3)13-19(4)31-29/h5-15H,1-4H3,(H,32,34). The predicted octanol–water partition coefficient (Wildman–Crippen LogP) is 5.56. The predicted molar refractivity (Wildman–Crippen MR) is 139 cm³/mol. The van der Waals surface area contributed by atoms with E-state index < -0.39 is 17.7 Å². The van der Waals surface area contributed by atoms with Gasteiger partial charge in [-0.3, -0.25) is 14.4 Å². The van der Waals surface area contributed by atoms with Gasteiger partial charge in [-0.05, 0) is 81.3 Å². The Morgan fingerprint density at radius 2 is 1.54 bits per heavy atom. The molecule has 0 fully saturated rings. The maximum atomic E-state index is 13.2. The lowest BCUT2D eigenvalue weighted by Crippen LogP contribution is -2.30. The number of aromatic nitrogens is 2. The number of carbonyl (C=O) groups is 3. The van der Waals surface area contributed by atoms with Gasteiger partial charge in [0.05, 0.1) is 16.8 Å². The lowest BCUT2D eigenvalue weighted by molar-refractivity contribution is 0.0925. The van der Waals surface area contributed by atoms with Crippen LogP contribution in [0.5, 0.6) is 11.8 Å². The Morgan fingerprint density at radius 1 is 0.811 bits per heavy atom. The van der Waals surface area contributed by atoms with Crippen molar-refractivity contribution in [2.75, 3.05) is 10.2 Å². The highest BCUT2D eigenvalue weighted by Crippen LogP contribution is 2.32. The van der Waals surface area contributed by atoms with Crippen molar-refractivity contribution in [3.8, 4) is 11.8 Å². The number of imide groups is 1. The van der Waals surface area contributed by atoms with Crippen LogP contribution in [0.1, 0.15) is 53.6 Å². The largest absolute Gasteiger partial charge is 0.424 e. The van der Waals surface area contributed by atoms with E-state index in [1.165, 1.54) is 23.1 Å². The van der Waals surface area contributed by atoms with Gasteiger partial charge in [0.15, 0.2) is 0 Å². The minimum Gasteiger partial charge on any atom is -0.424 e. The minimum atomic E-state index is -0.452. The van der Waals surface area contributed by atoms with Crippen LogP contribution in [-0.2, 0) is 0 Å². The number of nitrogens with zero attached hydrogens (tertiary/aromatic N) is 3. The molecule has 0 saturated carbocycles. The maximum Gasteiger partial charge on any atom is 0.322 e. The molecule has 0 spiro atoms. The van der Waals surface area contributed by atoms with E-state index >= 15 is 0 Å². The van der Waals surface area contributed by atoms with Crippen LogP contribution in [0.2, 0.25) is 0 Å². The summed E-state index contributed by atoms with van der Waals surface area (Å²) >= 11 is 0. The van der Waals surface area contributed by atoms with Crippen LogP contribution in [0.3, 0.4) is 0 Å². The number of aryl methyl sites for hydroxylation is 4. The summed E-state index contributed by atoms with van der Waals surface area (Å²) in [6.07, 6.45) is 0. The number of nitrogens with one attached hydrogen (secondary N) is 1. The van der Waals surface area contributed by atoms with Crippen molar-refractivity contribution in [1.29, 1.82) is 0 Å². The van der Waals surface area contributed by atoms with Crippen LogP contribution in [0.25, 0.3) is 0 Å². The van der Waals surface area contributed by atoms with Crippen molar-refractivity contribution in [2.24, 2.45) is 0 Å². The van der Waals surface area contributed by atoms with Crippen molar-refractivity contribution in [3.63, 3.8) is 0 Å². The summed E-state index contributed by atoms with van der Waals surface area (Å²) in [5.74, 6) is -0.818. The van der Waals surface area contributed by atoms with E-state index in [1.54, 1.807) is 24.3 Å². The minimum absolute atomic E-state index is 0.197. The fourth-order valence-corrected chi connectivity index (χ4v) is 4.25. The first-order valence-corrected chi connectivity index (χ1v) is 11.7. The summed E-state index contributed by atoms with van der Waals surface area (Å²) in [6.45, 7) is 7.46. The third-order valence-corrected chi connectivity index (χ3v) is 6.02. The number of rotatable bonds is 5. The Labute approximate surface area is 213 Å². The number of benzene rings is 3. The number of ether oxygens (including phenoxy) is 1. The van der Waals surface area contributed by atoms with E-state index in [4.69, 9.17) is 4.74 Å². The first-order chi connectivity index (χ1) is 17.7. The Bertz CT molecular complexity index is 1570. The SMILES string of the molecule is Cc1ccc(C)c(N2C(=O)c3ccc(C(=O)Nc4cccc(Oc5nc(C)cc(C)n5)c4)cc3C2=O)c1. The zero-order valence-corrected chi connectivity index (χ0v) is 20.8. The third kappa shape index (κ3) is 4.69. The Morgan fingerprint density at radius 3 is 2.30 bits per heavy atom. The quantitative estimate of drug-likeness (QED) is 0.366. The number of hydrogen-bond donors (Lipinski definition) is 1. The van der Waals surface area contributed by atoms with E-state index in [-0.39, 0.29) is 22.7 Å². The van der Waals surface area contributed by atoms with Crippen molar-refractivity contribution >= 4 is 29.1 Å². The van der Waals surface area contributed by atoms with E-state index in [0.717, 1.165) is 22.5 Å². The maximum absolute atomic E-state index is 13.2. The van der Waals surface area contributed by atoms with Gasteiger partial charge < -0.3 is 10.1 Å². The summed E-state index contributed by atoms with van der Waals surface area (Å²) in [7, 11) is 0. The molecule has 3 amide bonds. The summed E-state index contributed by atoms with van der Waals surface area (Å²) in [5, 5.41) is 2.81. The first kappa shape index (κ1) is 23.9. The van der Waals surface area contributed by atoms with Crippen LogP contribution in [-0.4, -0.2) is 27.7 Å². The van der Waals surface area contributed by atoms with Crippen molar-refractivity contribution in [3.05, 3.63) is 106 Å². The fourth-order valence-electron chi connectivity index (χ4n) is 4.25. The number of hydrogen-bond acceptors (Lipinski definition) is 6. The van der Waals surface area contributed by atoms with Gasteiger partial charge in [-0.25, -0.2) is 14.9 Å². The summed E-state index contributed by atoms with van der Waals surface area (Å²) in [4.78, 5) is 49.0. The molecule has 8 nitrogen and oxygen atoms in total. The second kappa shape index (κ2) is 9.31. The molecule has 0 unspecified atom stereocenters. The van der Waals surface area contributed by atoms with Gasteiger partial charge >= 0.3 is 6.01 Å². The van der Waals surface area contributed by atoms with Crippen molar-refractivity contribution in [1.82, 2.24) is 9.97 Å². The fraction of sp³-hybridized carbons (Fsp3) is 0.138. The zero-order valence-electron chi connectivity index (χ0n) is 20.8. The molecule has 0 saturated heterocycles. The van der Waals surface area contributed by atoms with E-state index in [0.29, 0.717) is 17.1 Å². The van der Waals surface area contributed by atoms with Crippen molar-refractivity contribution < 1.29 is 19.1 Å². The molecule has 1 aliphatic heterocycles.